The number of hydrogen-bond acceptors (Lipinski definition) is 5. The maximum Gasteiger partial charge on any atom is 0.337 e. The van der Waals surface area contributed by atoms with Crippen molar-refractivity contribution in [1.82, 2.24) is 0 Å². The number of carbonyl (C=O) groups is 2. The van der Waals surface area contributed by atoms with Crippen molar-refractivity contribution in [2.24, 2.45) is 0 Å². The predicted molar refractivity (Wildman–Crippen MR) is 105 cm³/mol. The number of ether oxygens (including phenoxy) is 2. The lowest BCUT2D eigenvalue weighted by molar-refractivity contribution is 0.0599. The number of benzene rings is 2. The summed E-state index contributed by atoms with van der Waals surface area (Å²) < 4.78 is 9.43. The lowest BCUT2D eigenvalue weighted by atomic mass is 10.1. The Bertz CT molecular complexity index is 830. The molecule has 0 bridgehead atoms. The van der Waals surface area contributed by atoms with Gasteiger partial charge in [-0.05, 0) is 67.5 Å². The fraction of sp³-hybridized carbons (Fsp3) is 0.211. The number of anilines is 2. The molecule has 0 aliphatic rings. The second-order valence-corrected chi connectivity index (χ2v) is 6.07. The first-order valence-electron chi connectivity index (χ1n) is 7.81. The summed E-state index contributed by atoms with van der Waals surface area (Å²) in [5.74, 6) is -1.13. The molecule has 0 saturated heterocycles. The van der Waals surface area contributed by atoms with Crippen molar-refractivity contribution >= 4 is 40.6 Å². The Morgan fingerprint density at radius 3 is 1.85 bits per heavy atom. The Hall–Kier alpha value is -2.93. The van der Waals surface area contributed by atoms with Gasteiger partial charge in [0.25, 0.3) is 0 Å². The molecule has 0 aliphatic carbocycles. The van der Waals surface area contributed by atoms with Gasteiger partial charge in [-0.1, -0.05) is 6.07 Å². The van der Waals surface area contributed by atoms with Gasteiger partial charge in [-0.15, -0.1) is 0 Å². The summed E-state index contributed by atoms with van der Waals surface area (Å²) in [4.78, 5) is 23.6. The Morgan fingerprint density at radius 1 is 0.808 bits per heavy atom. The van der Waals surface area contributed by atoms with Crippen LogP contribution in [0.3, 0.4) is 0 Å². The molecule has 2 aromatic rings. The third-order valence-corrected chi connectivity index (χ3v) is 4.00. The zero-order chi connectivity index (χ0) is 19.3. The normalized spacial score (nSPS) is 10.0. The van der Waals surface area contributed by atoms with Crippen LogP contribution in [0, 0.1) is 13.8 Å². The first-order chi connectivity index (χ1) is 12.3. The first kappa shape index (κ1) is 19.4. The van der Waals surface area contributed by atoms with Gasteiger partial charge in [-0.25, -0.2) is 9.59 Å². The van der Waals surface area contributed by atoms with E-state index in [1.807, 2.05) is 32.0 Å². The lowest BCUT2D eigenvalue weighted by Gasteiger charge is -2.13. The van der Waals surface area contributed by atoms with Crippen LogP contribution in [0.5, 0.6) is 0 Å². The molecule has 0 aliphatic heterocycles. The van der Waals surface area contributed by atoms with Crippen LogP contribution < -0.4 is 10.6 Å². The Labute approximate surface area is 157 Å². The molecule has 6 nitrogen and oxygen atoms in total. The number of rotatable bonds is 4. The Balaban J connectivity index is 2.23. The van der Waals surface area contributed by atoms with Crippen LogP contribution in [0.25, 0.3) is 0 Å². The van der Waals surface area contributed by atoms with E-state index in [4.69, 9.17) is 21.7 Å². The van der Waals surface area contributed by atoms with Crippen LogP contribution >= 0.6 is 12.2 Å². The summed E-state index contributed by atoms with van der Waals surface area (Å²) in [7, 11) is 2.54. The minimum Gasteiger partial charge on any atom is -0.465 e. The van der Waals surface area contributed by atoms with E-state index < -0.39 is 11.9 Å². The summed E-state index contributed by atoms with van der Waals surface area (Å²) >= 11 is 5.31. The molecule has 0 fully saturated rings. The number of carbonyl (C=O) groups excluding carboxylic acids is 2. The average molecular weight is 372 g/mol. The van der Waals surface area contributed by atoms with Crippen LogP contribution in [0.4, 0.5) is 11.4 Å². The van der Waals surface area contributed by atoms with Crippen molar-refractivity contribution in [1.29, 1.82) is 0 Å². The topological polar surface area (TPSA) is 76.7 Å². The summed E-state index contributed by atoms with van der Waals surface area (Å²) in [6, 6.07) is 10.4. The Morgan fingerprint density at radius 2 is 1.35 bits per heavy atom. The molecule has 0 unspecified atom stereocenters. The van der Waals surface area contributed by atoms with E-state index in [1.165, 1.54) is 25.8 Å². The van der Waals surface area contributed by atoms with Gasteiger partial charge in [-0.3, -0.25) is 0 Å². The van der Waals surface area contributed by atoms with Crippen molar-refractivity contribution in [3.8, 4) is 0 Å². The van der Waals surface area contributed by atoms with Crippen LogP contribution in [0.15, 0.2) is 36.4 Å². The van der Waals surface area contributed by atoms with Crippen LogP contribution in [-0.2, 0) is 9.47 Å². The Kier molecular flexibility index (Phi) is 6.30. The van der Waals surface area contributed by atoms with Crippen LogP contribution in [-0.4, -0.2) is 31.3 Å². The van der Waals surface area contributed by atoms with Gasteiger partial charge >= 0.3 is 11.9 Å². The molecule has 26 heavy (non-hydrogen) atoms. The molecule has 2 aromatic carbocycles. The minimum atomic E-state index is -0.563. The van der Waals surface area contributed by atoms with E-state index >= 15 is 0 Å². The van der Waals surface area contributed by atoms with Gasteiger partial charge in [-0.2, -0.15) is 0 Å². The van der Waals surface area contributed by atoms with Gasteiger partial charge in [0.2, 0.25) is 0 Å². The highest BCUT2D eigenvalue weighted by molar-refractivity contribution is 7.80. The monoisotopic (exact) mass is 372 g/mol. The third-order valence-electron chi connectivity index (χ3n) is 3.80. The molecule has 0 radical (unpaired) electrons. The second-order valence-electron chi connectivity index (χ2n) is 5.66. The van der Waals surface area contributed by atoms with Crippen molar-refractivity contribution in [2.45, 2.75) is 13.8 Å². The molecule has 0 heterocycles. The van der Waals surface area contributed by atoms with E-state index in [1.54, 1.807) is 12.1 Å². The van der Waals surface area contributed by atoms with Crippen molar-refractivity contribution < 1.29 is 19.1 Å². The minimum absolute atomic E-state index is 0.215. The molecule has 136 valence electrons. The number of nitrogens with one attached hydrogen (secondary N) is 2. The number of hydrogen-bond donors (Lipinski definition) is 2. The molecule has 0 amide bonds. The van der Waals surface area contributed by atoms with E-state index in [0.29, 0.717) is 10.8 Å². The van der Waals surface area contributed by atoms with Gasteiger partial charge in [0, 0.05) is 11.4 Å². The third kappa shape index (κ3) is 4.80. The molecule has 0 aromatic heterocycles. The molecule has 0 saturated carbocycles. The quantitative estimate of drug-likeness (QED) is 0.626. The zero-order valence-corrected chi connectivity index (χ0v) is 15.8. The fourth-order valence-electron chi connectivity index (χ4n) is 2.28. The second kappa shape index (κ2) is 8.44. The van der Waals surface area contributed by atoms with E-state index in [0.717, 1.165) is 11.3 Å². The highest BCUT2D eigenvalue weighted by atomic mass is 32.1. The van der Waals surface area contributed by atoms with E-state index in [2.05, 4.69) is 10.6 Å². The number of thiocarbonyl (C=S) groups is 1. The van der Waals surface area contributed by atoms with Gasteiger partial charge in [0.05, 0.1) is 25.3 Å². The largest absolute Gasteiger partial charge is 0.465 e. The van der Waals surface area contributed by atoms with Gasteiger partial charge in [0.1, 0.15) is 0 Å². The van der Waals surface area contributed by atoms with Crippen LogP contribution in [0.1, 0.15) is 31.8 Å². The summed E-state index contributed by atoms with van der Waals surface area (Å²) in [5, 5.41) is 6.36. The highest BCUT2D eigenvalue weighted by Gasteiger charge is 2.14. The smallest absolute Gasteiger partial charge is 0.337 e. The van der Waals surface area contributed by atoms with Crippen molar-refractivity contribution in [3.05, 3.63) is 58.7 Å². The number of aryl methyl sites for hydroxylation is 2. The maximum absolute atomic E-state index is 11.8. The fourth-order valence-corrected chi connectivity index (χ4v) is 2.52. The molecule has 2 N–H and O–H groups in total. The summed E-state index contributed by atoms with van der Waals surface area (Å²) in [6.07, 6.45) is 0. The zero-order valence-electron chi connectivity index (χ0n) is 15.0. The molecular formula is C19H20N2O4S. The predicted octanol–water partition coefficient (Wildman–Crippen LogP) is 3.69. The van der Waals surface area contributed by atoms with E-state index in [-0.39, 0.29) is 11.1 Å². The van der Waals surface area contributed by atoms with Gasteiger partial charge in [0.15, 0.2) is 5.11 Å². The molecule has 0 atom stereocenters. The molecule has 0 spiro atoms. The summed E-state index contributed by atoms with van der Waals surface area (Å²) in [6.45, 7) is 4.04. The van der Waals surface area contributed by atoms with Crippen LogP contribution in [0.2, 0.25) is 0 Å². The van der Waals surface area contributed by atoms with Gasteiger partial charge < -0.3 is 20.1 Å². The lowest BCUT2D eigenvalue weighted by Crippen LogP contribution is -2.20. The molecule has 2 rings (SSSR count). The highest BCUT2D eigenvalue weighted by Crippen LogP contribution is 2.18. The van der Waals surface area contributed by atoms with Crippen molar-refractivity contribution in [3.63, 3.8) is 0 Å². The average Bonchev–Trinajstić information content (AvgIpc) is 2.62. The number of methoxy groups -OCH3 is 2. The van der Waals surface area contributed by atoms with Crippen molar-refractivity contribution in [2.75, 3.05) is 24.9 Å². The van der Waals surface area contributed by atoms with E-state index in [9.17, 15) is 9.59 Å². The molecule has 7 heteroatoms. The first-order valence-corrected chi connectivity index (χ1v) is 8.22. The molecular weight excluding hydrogens is 352 g/mol. The maximum atomic E-state index is 11.8. The summed E-state index contributed by atoms with van der Waals surface area (Å²) in [5.41, 5.74) is 4.05. The SMILES string of the molecule is COC(=O)c1cc(NC(=S)Nc2ccc(C)c(C)c2)cc(C(=O)OC)c1. The number of esters is 2. The standard InChI is InChI=1S/C19H20N2O4S/c1-11-5-6-15(7-12(11)2)20-19(26)21-16-9-13(17(22)24-3)8-14(10-16)18(23)25-4/h5-10H,1-4H3,(H2,20,21,26).